The van der Waals surface area contributed by atoms with Gasteiger partial charge in [0.2, 0.25) is 5.91 Å². The molecule has 2 N–H and O–H groups in total. The highest BCUT2D eigenvalue weighted by molar-refractivity contribution is 7.99. The fourth-order valence-corrected chi connectivity index (χ4v) is 4.01. The minimum Gasteiger partial charge on any atom is -0.354 e. The Morgan fingerprint density at radius 3 is 2.48 bits per heavy atom. The summed E-state index contributed by atoms with van der Waals surface area (Å²) in [5, 5.41) is 5.41. The van der Waals surface area contributed by atoms with Crippen LogP contribution in [0.25, 0.3) is 0 Å². The van der Waals surface area contributed by atoms with Crippen LogP contribution >= 0.6 is 11.8 Å². The third kappa shape index (κ3) is 4.59. The first-order chi connectivity index (χ1) is 14.0. The summed E-state index contributed by atoms with van der Waals surface area (Å²) in [4.78, 5) is 39.6. The van der Waals surface area contributed by atoms with Gasteiger partial charge >= 0.3 is 6.03 Å². The lowest BCUT2D eigenvalue weighted by Crippen LogP contribution is -2.45. The van der Waals surface area contributed by atoms with E-state index < -0.39 is 29.2 Å². The molecular formula is C21H22FN3O3S. The third-order valence-corrected chi connectivity index (χ3v) is 5.79. The monoisotopic (exact) mass is 415 g/mol. The number of hydrogen-bond donors (Lipinski definition) is 2. The summed E-state index contributed by atoms with van der Waals surface area (Å²) in [7, 11) is 0. The van der Waals surface area contributed by atoms with Gasteiger partial charge in [0, 0.05) is 17.2 Å². The standard InChI is InChI=1S/C21H22FN3O3S/c1-2-21(15-8-10-16(22)11-9-15)19(27)25(20(28)24-21)14-18(26)23-12-13-29-17-6-4-3-5-7-17/h3-11H,2,12-14H2,1H3,(H,23,26)(H,24,28)/t21-/m0/s1. The molecule has 0 aromatic heterocycles. The minimum absolute atomic E-state index is 0.287. The van der Waals surface area contributed by atoms with Gasteiger partial charge in [0.1, 0.15) is 17.9 Å². The average Bonchev–Trinajstić information content (AvgIpc) is 2.97. The SMILES string of the molecule is CC[C@@]1(c2ccc(F)cc2)NC(=O)N(CC(=O)NCCSc2ccccc2)C1=O. The molecule has 8 heteroatoms. The highest BCUT2D eigenvalue weighted by atomic mass is 32.2. The second-order valence-corrected chi connectivity index (χ2v) is 7.77. The molecule has 2 aromatic rings. The van der Waals surface area contributed by atoms with Crippen LogP contribution in [0.15, 0.2) is 59.5 Å². The lowest BCUT2D eigenvalue weighted by molar-refractivity contribution is -0.135. The largest absolute Gasteiger partial charge is 0.354 e. The Hall–Kier alpha value is -2.87. The van der Waals surface area contributed by atoms with Crippen molar-refractivity contribution in [2.24, 2.45) is 0 Å². The highest BCUT2D eigenvalue weighted by Gasteiger charge is 2.51. The quantitative estimate of drug-likeness (QED) is 0.395. The number of amides is 4. The number of benzene rings is 2. The van der Waals surface area contributed by atoms with E-state index >= 15 is 0 Å². The maximum absolute atomic E-state index is 13.2. The van der Waals surface area contributed by atoms with Gasteiger partial charge in [-0.25, -0.2) is 9.18 Å². The third-order valence-electron chi connectivity index (χ3n) is 4.78. The maximum atomic E-state index is 13.2. The van der Waals surface area contributed by atoms with Crippen LogP contribution in [-0.4, -0.2) is 41.6 Å². The number of hydrogen-bond acceptors (Lipinski definition) is 4. The maximum Gasteiger partial charge on any atom is 0.325 e. The molecular weight excluding hydrogens is 393 g/mol. The topological polar surface area (TPSA) is 78.5 Å². The predicted molar refractivity (Wildman–Crippen MR) is 109 cm³/mol. The summed E-state index contributed by atoms with van der Waals surface area (Å²) in [5.74, 6) is -0.676. The normalized spacial score (nSPS) is 18.6. The van der Waals surface area contributed by atoms with E-state index in [-0.39, 0.29) is 13.0 Å². The molecule has 2 aromatic carbocycles. The number of nitrogens with zero attached hydrogens (tertiary/aromatic N) is 1. The first-order valence-corrected chi connectivity index (χ1v) is 10.3. The summed E-state index contributed by atoms with van der Waals surface area (Å²) in [6.07, 6.45) is 0.287. The number of imide groups is 1. The second kappa shape index (κ2) is 9.09. The molecule has 0 aliphatic carbocycles. The van der Waals surface area contributed by atoms with Gasteiger partial charge in [-0.3, -0.25) is 14.5 Å². The first kappa shape index (κ1) is 20.9. The predicted octanol–water partition coefficient (Wildman–Crippen LogP) is 2.89. The van der Waals surface area contributed by atoms with Crippen molar-refractivity contribution in [3.63, 3.8) is 0 Å². The molecule has 0 spiro atoms. The molecule has 6 nitrogen and oxygen atoms in total. The molecule has 1 fully saturated rings. The van der Waals surface area contributed by atoms with Crippen molar-refractivity contribution >= 4 is 29.6 Å². The zero-order valence-electron chi connectivity index (χ0n) is 16.0. The number of nitrogens with one attached hydrogen (secondary N) is 2. The molecule has 29 heavy (non-hydrogen) atoms. The van der Waals surface area contributed by atoms with E-state index in [1.807, 2.05) is 30.3 Å². The molecule has 3 rings (SSSR count). The molecule has 1 saturated heterocycles. The van der Waals surface area contributed by atoms with Crippen molar-refractivity contribution < 1.29 is 18.8 Å². The summed E-state index contributed by atoms with van der Waals surface area (Å²) in [6, 6.07) is 14.6. The van der Waals surface area contributed by atoms with Gasteiger partial charge < -0.3 is 10.6 Å². The van der Waals surface area contributed by atoms with Gasteiger partial charge in [-0.1, -0.05) is 37.3 Å². The lowest BCUT2D eigenvalue weighted by Gasteiger charge is -2.25. The summed E-state index contributed by atoms with van der Waals surface area (Å²) in [6.45, 7) is 1.81. The molecule has 1 aliphatic heterocycles. The van der Waals surface area contributed by atoms with E-state index in [1.54, 1.807) is 18.7 Å². The highest BCUT2D eigenvalue weighted by Crippen LogP contribution is 2.32. The molecule has 0 bridgehead atoms. The zero-order valence-corrected chi connectivity index (χ0v) is 16.8. The molecule has 4 amide bonds. The molecule has 1 atom stereocenters. The minimum atomic E-state index is -1.28. The van der Waals surface area contributed by atoms with Crippen LogP contribution in [-0.2, 0) is 15.1 Å². The van der Waals surface area contributed by atoms with Gasteiger partial charge in [0.15, 0.2) is 0 Å². The Morgan fingerprint density at radius 1 is 1.14 bits per heavy atom. The average molecular weight is 415 g/mol. The van der Waals surface area contributed by atoms with E-state index in [4.69, 9.17) is 0 Å². The fourth-order valence-electron chi connectivity index (χ4n) is 3.22. The van der Waals surface area contributed by atoms with Gasteiger partial charge in [0.25, 0.3) is 5.91 Å². The number of rotatable bonds is 8. The van der Waals surface area contributed by atoms with Crippen LogP contribution in [0.1, 0.15) is 18.9 Å². The van der Waals surface area contributed by atoms with E-state index in [0.29, 0.717) is 17.9 Å². The Labute approximate surface area is 172 Å². The van der Waals surface area contributed by atoms with Crippen LogP contribution in [0.3, 0.4) is 0 Å². The zero-order chi connectivity index (χ0) is 20.9. The second-order valence-electron chi connectivity index (χ2n) is 6.60. The molecule has 0 unspecified atom stereocenters. The van der Waals surface area contributed by atoms with Crippen molar-refractivity contribution in [3.8, 4) is 0 Å². The van der Waals surface area contributed by atoms with Crippen molar-refractivity contribution in [1.82, 2.24) is 15.5 Å². The number of carbonyl (C=O) groups is 3. The molecule has 152 valence electrons. The number of thioether (sulfide) groups is 1. The van der Waals surface area contributed by atoms with Crippen molar-refractivity contribution in [2.45, 2.75) is 23.8 Å². The van der Waals surface area contributed by atoms with Crippen LogP contribution in [0, 0.1) is 5.82 Å². The van der Waals surface area contributed by atoms with Crippen molar-refractivity contribution in [2.75, 3.05) is 18.8 Å². The lowest BCUT2D eigenvalue weighted by atomic mass is 9.87. The summed E-state index contributed by atoms with van der Waals surface area (Å²) >= 11 is 1.60. The fraction of sp³-hybridized carbons (Fsp3) is 0.286. The van der Waals surface area contributed by atoms with Crippen LogP contribution in [0.5, 0.6) is 0 Å². The molecule has 0 saturated carbocycles. The van der Waals surface area contributed by atoms with Crippen molar-refractivity contribution in [3.05, 3.63) is 66.0 Å². The van der Waals surface area contributed by atoms with Gasteiger partial charge in [-0.05, 0) is 36.2 Å². The van der Waals surface area contributed by atoms with E-state index in [0.717, 1.165) is 9.80 Å². The Bertz CT molecular complexity index is 892. The molecule has 1 heterocycles. The first-order valence-electron chi connectivity index (χ1n) is 9.31. The van der Waals surface area contributed by atoms with Crippen LogP contribution < -0.4 is 10.6 Å². The number of urea groups is 1. The van der Waals surface area contributed by atoms with Crippen LogP contribution in [0.4, 0.5) is 9.18 Å². The van der Waals surface area contributed by atoms with E-state index in [2.05, 4.69) is 10.6 Å². The number of halogens is 1. The summed E-state index contributed by atoms with van der Waals surface area (Å²) in [5.41, 5.74) is -0.796. The van der Waals surface area contributed by atoms with E-state index in [9.17, 15) is 18.8 Å². The van der Waals surface area contributed by atoms with E-state index in [1.165, 1.54) is 24.3 Å². The smallest absolute Gasteiger partial charge is 0.325 e. The number of carbonyl (C=O) groups excluding carboxylic acids is 3. The van der Waals surface area contributed by atoms with Crippen LogP contribution in [0.2, 0.25) is 0 Å². The van der Waals surface area contributed by atoms with Gasteiger partial charge in [0.05, 0.1) is 0 Å². The van der Waals surface area contributed by atoms with Gasteiger partial charge in [-0.2, -0.15) is 0 Å². The van der Waals surface area contributed by atoms with Gasteiger partial charge in [-0.15, -0.1) is 11.8 Å². The van der Waals surface area contributed by atoms with Crippen molar-refractivity contribution in [1.29, 1.82) is 0 Å². The molecule has 1 aliphatic rings. The Kier molecular flexibility index (Phi) is 6.53. The molecule has 0 radical (unpaired) electrons. The Balaban J connectivity index is 1.57. The summed E-state index contributed by atoms with van der Waals surface area (Å²) < 4.78 is 13.2. The Morgan fingerprint density at radius 2 is 1.83 bits per heavy atom.